The lowest BCUT2D eigenvalue weighted by Crippen LogP contribution is -2.16. The summed E-state index contributed by atoms with van der Waals surface area (Å²) in [6.07, 6.45) is 0.821. The van der Waals surface area contributed by atoms with Crippen molar-refractivity contribution in [3.63, 3.8) is 0 Å². The highest BCUT2D eigenvalue weighted by Crippen LogP contribution is 2.18. The third-order valence-electron chi connectivity index (χ3n) is 1.23. The molecule has 0 aromatic carbocycles. The van der Waals surface area contributed by atoms with E-state index in [1.54, 1.807) is 0 Å². The van der Waals surface area contributed by atoms with Crippen molar-refractivity contribution in [2.75, 3.05) is 13.2 Å². The average Bonchev–Trinajstić information content (AvgIpc) is 1.84. The molecule has 0 N–H and O–H groups in total. The molecule has 3 heteroatoms. The van der Waals surface area contributed by atoms with Crippen molar-refractivity contribution in [1.82, 2.24) is 0 Å². The molecule has 0 fully saturated rings. The molecule has 0 bridgehead atoms. The van der Waals surface area contributed by atoms with Gasteiger partial charge in [0.1, 0.15) is 0 Å². The largest absolute Gasteiger partial charge is 0.466 e. The van der Waals surface area contributed by atoms with Crippen LogP contribution in [0, 0.1) is 5.41 Å². The van der Waals surface area contributed by atoms with Crippen LogP contribution >= 0.6 is 0 Å². The summed E-state index contributed by atoms with van der Waals surface area (Å²) in [5, 5.41) is 10.0. The lowest BCUT2D eigenvalue weighted by atomic mass is 9.92. The van der Waals surface area contributed by atoms with Crippen molar-refractivity contribution in [2.45, 2.75) is 33.6 Å². The molecule has 0 aromatic heterocycles. The SMILES string of the molecule is CC(C)(C)CC(=O)OCCC[O]. The van der Waals surface area contributed by atoms with Crippen LogP contribution in [-0.4, -0.2) is 19.2 Å². The Hall–Kier alpha value is -0.570. The van der Waals surface area contributed by atoms with E-state index in [1.165, 1.54) is 0 Å². The molecule has 0 amide bonds. The molecule has 0 aliphatic carbocycles. The Bertz CT molecular complexity index is 135. The molecule has 0 aliphatic heterocycles. The van der Waals surface area contributed by atoms with E-state index in [4.69, 9.17) is 4.74 Å². The maximum atomic E-state index is 11.0. The van der Waals surface area contributed by atoms with Gasteiger partial charge in [0.15, 0.2) is 0 Å². The number of carbonyl (C=O) groups is 1. The lowest BCUT2D eigenvalue weighted by Gasteiger charge is -2.16. The predicted molar refractivity (Wildman–Crippen MR) is 45.2 cm³/mol. The van der Waals surface area contributed by atoms with E-state index in [9.17, 15) is 9.90 Å². The maximum Gasteiger partial charge on any atom is 0.306 e. The highest BCUT2D eigenvalue weighted by molar-refractivity contribution is 5.70. The molecule has 0 unspecified atom stereocenters. The molecule has 0 rings (SSSR count). The van der Waals surface area contributed by atoms with E-state index < -0.39 is 0 Å². The van der Waals surface area contributed by atoms with E-state index in [1.807, 2.05) is 20.8 Å². The van der Waals surface area contributed by atoms with Crippen molar-refractivity contribution in [1.29, 1.82) is 0 Å². The Labute approximate surface area is 73.7 Å². The smallest absolute Gasteiger partial charge is 0.306 e. The minimum absolute atomic E-state index is 0.0332. The first-order chi connectivity index (χ1) is 5.45. The van der Waals surface area contributed by atoms with Crippen LogP contribution in [0.4, 0.5) is 0 Å². The van der Waals surface area contributed by atoms with Crippen molar-refractivity contribution in [3.05, 3.63) is 0 Å². The minimum Gasteiger partial charge on any atom is -0.466 e. The third-order valence-corrected chi connectivity index (χ3v) is 1.23. The fraction of sp³-hybridized carbons (Fsp3) is 0.889. The summed E-state index contributed by atoms with van der Waals surface area (Å²) in [4.78, 5) is 11.0. The molecule has 0 saturated heterocycles. The fourth-order valence-corrected chi connectivity index (χ4v) is 0.729. The number of rotatable bonds is 4. The zero-order valence-electron chi connectivity index (χ0n) is 8.05. The molecule has 71 valence electrons. The Morgan fingerprint density at radius 2 is 1.92 bits per heavy atom. The van der Waals surface area contributed by atoms with Crippen LogP contribution in [0.3, 0.4) is 0 Å². The van der Waals surface area contributed by atoms with Crippen molar-refractivity contribution in [3.8, 4) is 0 Å². The van der Waals surface area contributed by atoms with Gasteiger partial charge in [0.05, 0.1) is 19.6 Å². The van der Waals surface area contributed by atoms with Crippen molar-refractivity contribution >= 4 is 5.97 Å². The number of esters is 1. The molecule has 0 saturated carbocycles. The van der Waals surface area contributed by atoms with Gasteiger partial charge in [-0.15, -0.1) is 0 Å². The van der Waals surface area contributed by atoms with Crippen LogP contribution in [0.2, 0.25) is 0 Å². The first kappa shape index (κ1) is 11.4. The second kappa shape index (κ2) is 5.14. The minimum atomic E-state index is -0.212. The summed E-state index contributed by atoms with van der Waals surface area (Å²) in [6.45, 7) is 6.01. The Balaban J connectivity index is 3.47. The number of carbonyl (C=O) groups excluding carboxylic acids is 1. The van der Waals surface area contributed by atoms with E-state index in [0.717, 1.165) is 0 Å². The summed E-state index contributed by atoms with van der Waals surface area (Å²) in [7, 11) is 0. The number of ether oxygens (including phenoxy) is 1. The van der Waals surface area contributed by atoms with E-state index >= 15 is 0 Å². The van der Waals surface area contributed by atoms with Crippen LogP contribution in [0.25, 0.3) is 0 Å². The van der Waals surface area contributed by atoms with E-state index in [0.29, 0.717) is 12.8 Å². The first-order valence-corrected chi connectivity index (χ1v) is 4.19. The molecule has 0 heterocycles. The summed E-state index contributed by atoms with van der Waals surface area (Å²) in [5.74, 6) is -0.212. The van der Waals surface area contributed by atoms with Crippen molar-refractivity contribution in [2.24, 2.45) is 5.41 Å². The van der Waals surface area contributed by atoms with Crippen LogP contribution in [0.1, 0.15) is 33.6 Å². The Kier molecular flexibility index (Phi) is 4.90. The van der Waals surface area contributed by atoms with Crippen molar-refractivity contribution < 1.29 is 14.6 Å². The molecular formula is C9H17O3. The lowest BCUT2D eigenvalue weighted by molar-refractivity contribution is -0.146. The summed E-state index contributed by atoms with van der Waals surface area (Å²) in [5.41, 5.74) is -0.0332. The summed E-state index contributed by atoms with van der Waals surface area (Å²) < 4.78 is 4.82. The van der Waals surface area contributed by atoms with Gasteiger partial charge in [-0.25, -0.2) is 5.11 Å². The van der Waals surface area contributed by atoms with Gasteiger partial charge in [-0.3, -0.25) is 4.79 Å². The first-order valence-electron chi connectivity index (χ1n) is 4.19. The van der Waals surface area contributed by atoms with Gasteiger partial charge in [0.25, 0.3) is 0 Å². The second-order valence-electron chi connectivity index (χ2n) is 4.02. The zero-order valence-corrected chi connectivity index (χ0v) is 8.05. The molecule has 0 aliphatic rings. The van der Waals surface area contributed by atoms with Gasteiger partial charge < -0.3 is 4.74 Å². The highest BCUT2D eigenvalue weighted by Gasteiger charge is 2.16. The number of hydrogen-bond donors (Lipinski definition) is 0. The average molecular weight is 173 g/mol. The van der Waals surface area contributed by atoms with Gasteiger partial charge in [-0.05, 0) is 5.41 Å². The van der Waals surface area contributed by atoms with Gasteiger partial charge in [-0.1, -0.05) is 20.8 Å². The predicted octanol–water partition coefficient (Wildman–Crippen LogP) is 1.79. The zero-order chi connectivity index (χ0) is 9.61. The van der Waals surface area contributed by atoms with Crippen LogP contribution < -0.4 is 0 Å². The van der Waals surface area contributed by atoms with Gasteiger partial charge in [0.2, 0.25) is 0 Å². The van der Waals surface area contributed by atoms with E-state index in [-0.39, 0.29) is 24.6 Å². The molecule has 0 spiro atoms. The standard InChI is InChI=1S/C9H17O3/c1-9(2,3)7-8(11)12-6-4-5-10/h4-7H2,1-3H3. The monoisotopic (exact) mass is 173 g/mol. The molecule has 0 aromatic rings. The Morgan fingerprint density at radius 1 is 1.33 bits per heavy atom. The molecule has 0 atom stereocenters. The summed E-state index contributed by atoms with van der Waals surface area (Å²) >= 11 is 0. The third kappa shape index (κ3) is 7.54. The maximum absolute atomic E-state index is 11.0. The molecular weight excluding hydrogens is 156 g/mol. The van der Waals surface area contributed by atoms with Gasteiger partial charge >= 0.3 is 5.97 Å². The topological polar surface area (TPSA) is 46.2 Å². The van der Waals surface area contributed by atoms with Gasteiger partial charge in [0, 0.05) is 6.42 Å². The summed E-state index contributed by atoms with van der Waals surface area (Å²) in [6, 6.07) is 0. The second-order valence-corrected chi connectivity index (χ2v) is 4.02. The number of hydrogen-bond acceptors (Lipinski definition) is 2. The highest BCUT2D eigenvalue weighted by atomic mass is 16.5. The Morgan fingerprint density at radius 3 is 2.33 bits per heavy atom. The molecule has 1 radical (unpaired) electrons. The quantitative estimate of drug-likeness (QED) is 0.480. The van der Waals surface area contributed by atoms with Crippen LogP contribution in [-0.2, 0) is 14.6 Å². The normalized spacial score (nSPS) is 11.3. The van der Waals surface area contributed by atoms with Gasteiger partial charge in [-0.2, -0.15) is 0 Å². The molecule has 12 heavy (non-hydrogen) atoms. The fourth-order valence-electron chi connectivity index (χ4n) is 0.729. The van der Waals surface area contributed by atoms with E-state index in [2.05, 4.69) is 0 Å². The molecule has 3 nitrogen and oxygen atoms in total. The van der Waals surface area contributed by atoms with Crippen LogP contribution in [0.15, 0.2) is 0 Å². The van der Waals surface area contributed by atoms with Crippen LogP contribution in [0.5, 0.6) is 0 Å².